The lowest BCUT2D eigenvalue weighted by atomic mass is 9.78. The zero-order chi connectivity index (χ0) is 9.26. The molecular weight excluding hydrogens is 217 g/mol. The average molecular weight is 232 g/mol. The summed E-state index contributed by atoms with van der Waals surface area (Å²) in [5, 5.41) is 0.782. The fourth-order valence-corrected chi connectivity index (χ4v) is 1.88. The number of hydrogen-bond donors (Lipinski definition) is 1. The van der Waals surface area contributed by atoms with Gasteiger partial charge in [-0.2, -0.15) is 0 Å². The summed E-state index contributed by atoms with van der Waals surface area (Å²) in [7, 11) is 0. The third-order valence-corrected chi connectivity index (χ3v) is 3.16. The predicted octanol–water partition coefficient (Wildman–Crippen LogP) is 3.56. The zero-order valence-corrected chi connectivity index (χ0v) is 9.52. The third kappa shape index (κ3) is 2.41. The van der Waals surface area contributed by atoms with E-state index in [-0.39, 0.29) is 18.4 Å². The van der Waals surface area contributed by atoms with Gasteiger partial charge < -0.3 is 5.73 Å². The Labute approximate surface area is 96.0 Å². The molecule has 1 nitrogen and oxygen atoms in total. The van der Waals surface area contributed by atoms with Crippen LogP contribution in [0.5, 0.6) is 0 Å². The van der Waals surface area contributed by atoms with Gasteiger partial charge in [-0.25, -0.2) is 0 Å². The van der Waals surface area contributed by atoms with Gasteiger partial charge in [0.25, 0.3) is 0 Å². The van der Waals surface area contributed by atoms with Crippen molar-refractivity contribution < 1.29 is 0 Å². The Morgan fingerprint density at radius 3 is 2.21 bits per heavy atom. The lowest BCUT2D eigenvalue weighted by Gasteiger charge is -2.31. The highest BCUT2D eigenvalue weighted by Crippen LogP contribution is 2.36. The Bertz CT molecular complexity index is 280. The van der Waals surface area contributed by atoms with Crippen molar-refractivity contribution >= 4 is 24.0 Å². The fourth-order valence-electron chi connectivity index (χ4n) is 1.76. The maximum absolute atomic E-state index is 6.11. The van der Waals surface area contributed by atoms with E-state index in [9.17, 15) is 0 Å². The van der Waals surface area contributed by atoms with Gasteiger partial charge >= 0.3 is 0 Å². The van der Waals surface area contributed by atoms with Crippen LogP contribution in [0.15, 0.2) is 24.3 Å². The van der Waals surface area contributed by atoms with Crippen molar-refractivity contribution in [2.24, 2.45) is 11.7 Å². The van der Waals surface area contributed by atoms with Gasteiger partial charge in [0.2, 0.25) is 0 Å². The first-order valence-electron chi connectivity index (χ1n) is 4.78. The summed E-state index contributed by atoms with van der Waals surface area (Å²) >= 11 is 5.80. The van der Waals surface area contributed by atoms with E-state index in [1.807, 2.05) is 24.3 Å². The van der Waals surface area contributed by atoms with Gasteiger partial charge in [0.1, 0.15) is 0 Å². The minimum atomic E-state index is 0. The molecule has 0 aromatic heterocycles. The minimum Gasteiger partial charge on any atom is -0.324 e. The highest BCUT2D eigenvalue weighted by molar-refractivity contribution is 6.30. The van der Waals surface area contributed by atoms with Gasteiger partial charge in [-0.15, -0.1) is 12.4 Å². The fraction of sp³-hybridized carbons (Fsp3) is 0.455. The lowest BCUT2D eigenvalue weighted by Crippen LogP contribution is -2.26. The molecular formula is C11H15Cl2N. The Morgan fingerprint density at radius 1 is 1.21 bits per heavy atom. The summed E-state index contributed by atoms with van der Waals surface area (Å²) in [4.78, 5) is 0. The smallest absolute Gasteiger partial charge is 0.0406 e. The summed E-state index contributed by atoms with van der Waals surface area (Å²) in [6.45, 7) is 0. The standard InChI is InChI=1S/C11H14ClN.ClH/c12-10-6-4-9(5-7-10)11(13)8-2-1-3-8;/h4-8,11H,1-3,13H2;1H/t11-;/m0./s1. The second-order valence-corrected chi connectivity index (χ2v) is 4.20. The molecule has 0 bridgehead atoms. The van der Waals surface area contributed by atoms with Crippen LogP contribution in [0.2, 0.25) is 5.02 Å². The van der Waals surface area contributed by atoms with E-state index in [2.05, 4.69) is 0 Å². The molecule has 1 aliphatic rings. The molecule has 0 spiro atoms. The molecule has 0 unspecified atom stereocenters. The van der Waals surface area contributed by atoms with Crippen LogP contribution in [-0.4, -0.2) is 0 Å². The van der Waals surface area contributed by atoms with Gasteiger partial charge in [-0.05, 0) is 36.5 Å². The molecule has 0 amide bonds. The van der Waals surface area contributed by atoms with Crippen molar-refractivity contribution in [1.29, 1.82) is 0 Å². The molecule has 0 aliphatic heterocycles. The molecule has 14 heavy (non-hydrogen) atoms. The quantitative estimate of drug-likeness (QED) is 0.828. The molecule has 1 aliphatic carbocycles. The number of halogens is 2. The highest BCUT2D eigenvalue weighted by Gasteiger charge is 2.25. The van der Waals surface area contributed by atoms with E-state index in [0.717, 1.165) is 5.02 Å². The molecule has 0 saturated heterocycles. The Kier molecular flexibility index (Phi) is 4.24. The van der Waals surface area contributed by atoms with Crippen molar-refractivity contribution in [3.05, 3.63) is 34.9 Å². The van der Waals surface area contributed by atoms with Crippen molar-refractivity contribution in [3.8, 4) is 0 Å². The van der Waals surface area contributed by atoms with Crippen molar-refractivity contribution in [1.82, 2.24) is 0 Å². The largest absolute Gasteiger partial charge is 0.324 e. The van der Waals surface area contributed by atoms with E-state index in [1.54, 1.807) is 0 Å². The van der Waals surface area contributed by atoms with Crippen LogP contribution < -0.4 is 5.73 Å². The highest BCUT2D eigenvalue weighted by atomic mass is 35.5. The Hall–Kier alpha value is -0.240. The topological polar surface area (TPSA) is 26.0 Å². The van der Waals surface area contributed by atoms with Crippen LogP contribution in [0.1, 0.15) is 30.9 Å². The maximum Gasteiger partial charge on any atom is 0.0406 e. The van der Waals surface area contributed by atoms with Gasteiger partial charge in [0.05, 0.1) is 0 Å². The van der Waals surface area contributed by atoms with E-state index in [0.29, 0.717) is 5.92 Å². The van der Waals surface area contributed by atoms with Gasteiger partial charge in [-0.3, -0.25) is 0 Å². The number of rotatable bonds is 2. The predicted molar refractivity (Wildman–Crippen MR) is 63.0 cm³/mol. The molecule has 1 atom stereocenters. The molecule has 1 aromatic rings. The summed E-state index contributed by atoms with van der Waals surface area (Å²) in [5.74, 6) is 0.696. The van der Waals surface area contributed by atoms with Crippen molar-refractivity contribution in [2.45, 2.75) is 25.3 Å². The van der Waals surface area contributed by atoms with Crippen LogP contribution in [0.4, 0.5) is 0 Å². The number of benzene rings is 1. The first-order valence-corrected chi connectivity index (χ1v) is 5.16. The molecule has 1 saturated carbocycles. The first-order chi connectivity index (χ1) is 6.27. The summed E-state index contributed by atoms with van der Waals surface area (Å²) in [5.41, 5.74) is 7.32. The Balaban J connectivity index is 0.000000980. The number of nitrogens with two attached hydrogens (primary N) is 1. The van der Waals surface area contributed by atoms with Crippen molar-refractivity contribution in [2.75, 3.05) is 0 Å². The van der Waals surface area contributed by atoms with Crippen LogP contribution in [0.3, 0.4) is 0 Å². The molecule has 2 rings (SSSR count). The van der Waals surface area contributed by atoms with Crippen LogP contribution >= 0.6 is 24.0 Å². The molecule has 1 fully saturated rings. The molecule has 0 heterocycles. The monoisotopic (exact) mass is 231 g/mol. The normalized spacial score (nSPS) is 18.1. The maximum atomic E-state index is 6.11. The van der Waals surface area contributed by atoms with Crippen molar-refractivity contribution in [3.63, 3.8) is 0 Å². The molecule has 2 N–H and O–H groups in total. The molecule has 3 heteroatoms. The minimum absolute atomic E-state index is 0. The number of hydrogen-bond acceptors (Lipinski definition) is 1. The van der Waals surface area contributed by atoms with E-state index in [1.165, 1.54) is 24.8 Å². The second kappa shape index (κ2) is 5.01. The SMILES string of the molecule is Cl.N[C@H](c1ccc(Cl)cc1)C1CCC1. The first kappa shape index (κ1) is 11.8. The molecule has 1 aromatic carbocycles. The summed E-state index contributed by atoms with van der Waals surface area (Å²) < 4.78 is 0. The van der Waals surface area contributed by atoms with Gasteiger partial charge in [0.15, 0.2) is 0 Å². The third-order valence-electron chi connectivity index (χ3n) is 2.91. The Morgan fingerprint density at radius 2 is 1.79 bits per heavy atom. The zero-order valence-electron chi connectivity index (χ0n) is 7.95. The lowest BCUT2D eigenvalue weighted by molar-refractivity contribution is 0.264. The van der Waals surface area contributed by atoms with Gasteiger partial charge in [0, 0.05) is 11.1 Å². The van der Waals surface area contributed by atoms with E-state index >= 15 is 0 Å². The van der Waals surface area contributed by atoms with Crippen LogP contribution in [0, 0.1) is 5.92 Å². The van der Waals surface area contributed by atoms with Gasteiger partial charge in [-0.1, -0.05) is 30.2 Å². The van der Waals surface area contributed by atoms with E-state index < -0.39 is 0 Å². The van der Waals surface area contributed by atoms with Crippen LogP contribution in [0.25, 0.3) is 0 Å². The second-order valence-electron chi connectivity index (χ2n) is 3.77. The summed E-state index contributed by atoms with van der Waals surface area (Å²) in [6.07, 6.45) is 3.90. The molecule has 0 radical (unpaired) electrons. The van der Waals surface area contributed by atoms with E-state index in [4.69, 9.17) is 17.3 Å². The average Bonchev–Trinajstić information content (AvgIpc) is 2.02. The summed E-state index contributed by atoms with van der Waals surface area (Å²) in [6, 6.07) is 8.10. The molecule has 78 valence electrons. The van der Waals surface area contributed by atoms with Crippen LogP contribution in [-0.2, 0) is 0 Å².